The van der Waals surface area contributed by atoms with Crippen LogP contribution in [0.2, 0.25) is 0 Å². The number of nitrogens with one attached hydrogen (secondary N) is 1. The fourth-order valence-electron chi connectivity index (χ4n) is 4.75. The number of nitrogens with zero attached hydrogens (tertiary/aromatic N) is 7. The first-order valence-corrected chi connectivity index (χ1v) is 12.5. The van der Waals surface area contributed by atoms with Crippen LogP contribution in [-0.4, -0.2) is 76.1 Å². The van der Waals surface area contributed by atoms with Crippen LogP contribution < -0.4 is 20.9 Å². The van der Waals surface area contributed by atoms with Gasteiger partial charge in [0.2, 0.25) is 5.65 Å². The fraction of sp³-hybridized carbons (Fsp3) is 0.400. The highest BCUT2D eigenvalue weighted by Gasteiger charge is 2.27. The molecule has 0 saturated carbocycles. The van der Waals surface area contributed by atoms with Gasteiger partial charge in [-0.15, -0.1) is 12.4 Å². The smallest absolute Gasteiger partial charge is 0.300 e. The van der Waals surface area contributed by atoms with Gasteiger partial charge >= 0.3 is 0 Å². The van der Waals surface area contributed by atoms with E-state index in [2.05, 4.69) is 25.3 Å². The fourth-order valence-corrected chi connectivity index (χ4v) is 4.75. The third-order valence-electron chi connectivity index (χ3n) is 6.63. The number of hydrogen-bond donors (Lipinski definition) is 2. The van der Waals surface area contributed by atoms with Crippen molar-refractivity contribution < 1.29 is 13.9 Å². The Labute approximate surface area is 225 Å². The summed E-state index contributed by atoms with van der Waals surface area (Å²) >= 11 is 0. The largest absolute Gasteiger partial charge is 0.422 e. The number of morpholine rings is 1. The molecule has 2 saturated heterocycles. The molecule has 6 rings (SSSR count). The zero-order valence-corrected chi connectivity index (χ0v) is 21.9. The Kier molecular flexibility index (Phi) is 7.45. The van der Waals surface area contributed by atoms with Gasteiger partial charge in [-0.05, 0) is 25.0 Å². The number of piperidine rings is 1. The molecule has 13 heteroatoms. The van der Waals surface area contributed by atoms with Crippen LogP contribution in [0.1, 0.15) is 23.2 Å². The van der Waals surface area contributed by atoms with Crippen molar-refractivity contribution in [1.29, 1.82) is 0 Å². The molecule has 0 radical (unpaired) electrons. The minimum Gasteiger partial charge on any atom is -0.422 e. The number of ether oxygens (including phenoxy) is 1. The highest BCUT2D eigenvalue weighted by Crippen LogP contribution is 2.30. The molecular formula is C25H30ClN9O3. The van der Waals surface area contributed by atoms with Crippen molar-refractivity contribution in [2.75, 3.05) is 54.5 Å². The molecule has 6 heterocycles. The summed E-state index contributed by atoms with van der Waals surface area (Å²) in [7, 11) is 1.85. The summed E-state index contributed by atoms with van der Waals surface area (Å²) < 4.78 is 13.2. The van der Waals surface area contributed by atoms with Gasteiger partial charge in [0.1, 0.15) is 11.6 Å². The van der Waals surface area contributed by atoms with Crippen molar-refractivity contribution in [3.8, 4) is 11.3 Å². The predicted molar refractivity (Wildman–Crippen MR) is 146 cm³/mol. The average molecular weight is 540 g/mol. The Bertz CT molecular complexity index is 1430. The summed E-state index contributed by atoms with van der Waals surface area (Å²) in [5.74, 6) is 0.647. The second kappa shape index (κ2) is 10.9. The second-order valence-corrected chi connectivity index (χ2v) is 9.39. The number of carbonyl (C=O) groups excluding carboxylic acids is 1. The number of oxazole rings is 1. The number of nitrogens with two attached hydrogens (primary N) is 1. The van der Waals surface area contributed by atoms with Crippen molar-refractivity contribution in [2.45, 2.75) is 18.9 Å². The molecule has 200 valence electrons. The summed E-state index contributed by atoms with van der Waals surface area (Å²) in [4.78, 5) is 31.7. The van der Waals surface area contributed by atoms with Crippen molar-refractivity contribution in [2.24, 2.45) is 12.8 Å². The van der Waals surface area contributed by atoms with E-state index in [1.807, 2.05) is 30.3 Å². The number of anilines is 3. The molecule has 12 nitrogen and oxygen atoms in total. The third kappa shape index (κ3) is 5.28. The van der Waals surface area contributed by atoms with Gasteiger partial charge in [-0.25, -0.2) is 9.97 Å². The normalized spacial score (nSPS) is 17.9. The zero-order chi connectivity index (χ0) is 25.4. The number of halogens is 1. The summed E-state index contributed by atoms with van der Waals surface area (Å²) in [6, 6.07) is 7.70. The summed E-state index contributed by atoms with van der Waals surface area (Å²) in [6.45, 7) is 3.97. The SMILES string of the molecule is Cl.Cn1cc(-c2cccc(NC(=O)c3cc4oc(N5CCOCC5)nc4nc3N3CCCC(N)C3)n2)cn1. The molecule has 0 spiro atoms. The number of amides is 1. The first kappa shape index (κ1) is 25.9. The van der Waals surface area contributed by atoms with Crippen LogP contribution in [0.3, 0.4) is 0 Å². The summed E-state index contributed by atoms with van der Waals surface area (Å²) in [5, 5.41) is 7.14. The van der Waals surface area contributed by atoms with E-state index in [1.54, 1.807) is 23.0 Å². The number of aromatic nitrogens is 5. The predicted octanol–water partition coefficient (Wildman–Crippen LogP) is 2.46. The molecule has 38 heavy (non-hydrogen) atoms. The number of aryl methyl sites for hydroxylation is 1. The van der Waals surface area contributed by atoms with E-state index in [0.717, 1.165) is 24.9 Å². The minimum atomic E-state index is -0.330. The van der Waals surface area contributed by atoms with Crippen molar-refractivity contribution >= 4 is 47.2 Å². The molecule has 3 N–H and O–H groups in total. The number of fused-ring (bicyclic) bond motifs is 1. The van der Waals surface area contributed by atoms with E-state index in [-0.39, 0.29) is 24.4 Å². The van der Waals surface area contributed by atoms with Crippen LogP contribution in [0.5, 0.6) is 0 Å². The minimum absolute atomic E-state index is 0. The topological polar surface area (TPSA) is 140 Å². The number of carbonyl (C=O) groups is 1. The maximum absolute atomic E-state index is 13.6. The maximum Gasteiger partial charge on any atom is 0.300 e. The van der Waals surface area contributed by atoms with Gasteiger partial charge in [0, 0.05) is 57.1 Å². The molecule has 4 aromatic heterocycles. The monoisotopic (exact) mass is 539 g/mol. The van der Waals surface area contributed by atoms with Gasteiger partial charge in [0.15, 0.2) is 5.58 Å². The van der Waals surface area contributed by atoms with Gasteiger partial charge in [-0.1, -0.05) is 6.07 Å². The molecule has 1 unspecified atom stereocenters. The molecule has 0 bridgehead atoms. The first-order chi connectivity index (χ1) is 18.0. The highest BCUT2D eigenvalue weighted by atomic mass is 35.5. The van der Waals surface area contributed by atoms with Crippen LogP contribution in [0.25, 0.3) is 22.5 Å². The Balaban J connectivity index is 0.00000294. The highest BCUT2D eigenvalue weighted by molar-refractivity contribution is 6.08. The van der Waals surface area contributed by atoms with Crippen LogP contribution in [0, 0.1) is 0 Å². The molecule has 0 aromatic carbocycles. The third-order valence-corrected chi connectivity index (χ3v) is 6.63. The average Bonchev–Trinajstić information content (AvgIpc) is 3.54. The van der Waals surface area contributed by atoms with Crippen molar-refractivity contribution in [3.05, 3.63) is 42.2 Å². The van der Waals surface area contributed by atoms with E-state index in [4.69, 9.17) is 19.9 Å². The molecular weight excluding hydrogens is 510 g/mol. The first-order valence-electron chi connectivity index (χ1n) is 12.5. The zero-order valence-electron chi connectivity index (χ0n) is 21.0. The van der Waals surface area contributed by atoms with Crippen LogP contribution in [-0.2, 0) is 11.8 Å². The molecule has 2 fully saturated rings. The van der Waals surface area contributed by atoms with Crippen LogP contribution in [0.4, 0.5) is 17.7 Å². The van der Waals surface area contributed by atoms with E-state index in [1.165, 1.54) is 0 Å². The molecule has 2 aliphatic rings. The van der Waals surface area contributed by atoms with Gasteiger partial charge < -0.3 is 30.0 Å². The maximum atomic E-state index is 13.6. The quantitative estimate of drug-likeness (QED) is 0.388. The van der Waals surface area contributed by atoms with Crippen LogP contribution >= 0.6 is 12.4 Å². The lowest BCUT2D eigenvalue weighted by Gasteiger charge is -2.32. The van der Waals surface area contributed by atoms with Crippen molar-refractivity contribution in [1.82, 2.24) is 24.7 Å². The Hall–Kier alpha value is -3.74. The van der Waals surface area contributed by atoms with Gasteiger partial charge in [-0.2, -0.15) is 10.1 Å². The number of hydrogen-bond acceptors (Lipinski definition) is 10. The standard InChI is InChI=1S/C25H29N9O3.ClH/c1-32-14-16(13-27-32)19-5-2-6-21(28-19)29-24(35)18-12-20-22(30-23(18)34-7-3-4-17(26)15-34)31-25(37-20)33-8-10-36-11-9-33;/h2,5-6,12-14,17H,3-4,7-11,15,26H2,1H3,(H,28,29,35);1H. The van der Waals surface area contributed by atoms with Gasteiger partial charge in [0.25, 0.3) is 11.9 Å². The Morgan fingerprint density at radius 2 is 1.97 bits per heavy atom. The number of rotatable bonds is 5. The van der Waals surface area contributed by atoms with E-state index in [9.17, 15) is 4.79 Å². The van der Waals surface area contributed by atoms with E-state index in [0.29, 0.717) is 73.0 Å². The lowest BCUT2D eigenvalue weighted by Crippen LogP contribution is -2.44. The Morgan fingerprint density at radius 1 is 1.13 bits per heavy atom. The summed E-state index contributed by atoms with van der Waals surface area (Å²) in [5.41, 5.74) is 9.14. The summed E-state index contributed by atoms with van der Waals surface area (Å²) in [6.07, 6.45) is 5.48. The molecule has 0 aliphatic carbocycles. The van der Waals surface area contributed by atoms with E-state index < -0.39 is 0 Å². The van der Waals surface area contributed by atoms with Gasteiger partial charge in [-0.3, -0.25) is 9.48 Å². The van der Waals surface area contributed by atoms with Gasteiger partial charge in [0.05, 0.1) is 30.7 Å². The van der Waals surface area contributed by atoms with Crippen LogP contribution in [0.15, 0.2) is 41.1 Å². The van der Waals surface area contributed by atoms with Crippen molar-refractivity contribution in [3.63, 3.8) is 0 Å². The Morgan fingerprint density at radius 3 is 2.74 bits per heavy atom. The molecule has 4 aromatic rings. The van der Waals surface area contributed by atoms with E-state index >= 15 is 0 Å². The molecule has 1 amide bonds. The lowest BCUT2D eigenvalue weighted by atomic mass is 10.1. The second-order valence-electron chi connectivity index (χ2n) is 9.39. The number of pyridine rings is 2. The molecule has 1 atom stereocenters. The lowest BCUT2D eigenvalue weighted by molar-refractivity contribution is 0.102. The molecule has 2 aliphatic heterocycles.